The van der Waals surface area contributed by atoms with E-state index >= 15 is 0 Å². The number of aromatic nitrogens is 2. The van der Waals surface area contributed by atoms with Gasteiger partial charge in [0.25, 0.3) is 11.8 Å². The van der Waals surface area contributed by atoms with Gasteiger partial charge in [-0.3, -0.25) is 9.59 Å². The minimum atomic E-state index is -0.399. The van der Waals surface area contributed by atoms with Crippen molar-refractivity contribution in [3.05, 3.63) is 150 Å². The maximum Gasteiger partial charge on any atom is 0.268 e. The molecule has 0 spiro atoms. The van der Waals surface area contributed by atoms with E-state index in [1.54, 1.807) is 35.0 Å². The van der Waals surface area contributed by atoms with Gasteiger partial charge in [-0.15, -0.1) is 0 Å². The smallest absolute Gasteiger partial charge is 0.268 e. The van der Waals surface area contributed by atoms with Crippen molar-refractivity contribution in [2.75, 3.05) is 0 Å². The van der Waals surface area contributed by atoms with E-state index in [2.05, 4.69) is 10.6 Å². The topological polar surface area (TPSA) is 76.0 Å². The summed E-state index contributed by atoms with van der Waals surface area (Å²) in [6.45, 7) is 0.326. The first kappa shape index (κ1) is 24.5. The maximum atomic E-state index is 13.4. The van der Waals surface area contributed by atoms with E-state index in [4.69, 9.17) is 5.10 Å². The van der Waals surface area contributed by atoms with E-state index < -0.39 is 5.91 Å². The maximum absolute atomic E-state index is 13.4. The summed E-state index contributed by atoms with van der Waals surface area (Å²) in [6, 6.07) is 37.9. The Kier molecular flexibility index (Phi) is 7.51. The van der Waals surface area contributed by atoms with Crippen molar-refractivity contribution in [1.82, 2.24) is 20.4 Å². The Balaban J connectivity index is 1.54. The fraction of sp³-hybridized carbons (Fsp3) is 0.0312. The van der Waals surface area contributed by atoms with E-state index in [0.29, 0.717) is 23.4 Å². The molecule has 2 amide bonds. The highest BCUT2D eigenvalue weighted by molar-refractivity contribution is 6.05. The second-order valence-electron chi connectivity index (χ2n) is 8.63. The zero-order valence-corrected chi connectivity index (χ0v) is 20.6. The highest BCUT2D eigenvalue weighted by atomic mass is 16.2. The number of amides is 2. The Morgan fingerprint density at radius 1 is 0.737 bits per heavy atom. The molecule has 5 rings (SSSR count). The molecule has 0 saturated heterocycles. The van der Waals surface area contributed by atoms with Gasteiger partial charge in [-0.25, -0.2) is 4.68 Å². The summed E-state index contributed by atoms with van der Waals surface area (Å²) in [5, 5.41) is 10.6. The zero-order valence-electron chi connectivity index (χ0n) is 20.6. The van der Waals surface area contributed by atoms with Gasteiger partial charge in [0, 0.05) is 29.4 Å². The second-order valence-corrected chi connectivity index (χ2v) is 8.63. The predicted octanol–water partition coefficient (Wildman–Crippen LogP) is 5.63. The van der Waals surface area contributed by atoms with Crippen LogP contribution in [0, 0.1) is 0 Å². The zero-order chi connectivity index (χ0) is 26.2. The fourth-order valence-corrected chi connectivity index (χ4v) is 4.00. The number of hydrogen-bond acceptors (Lipinski definition) is 3. The molecule has 0 aliphatic rings. The standard InChI is InChI=1S/C32H26N4O2/c37-31(26-17-9-3-10-18-26)34-29(32(38)33-22-24-13-5-1-6-14-24)21-27-23-36(28-19-11-4-12-20-28)35-30(27)25-15-7-2-8-16-25/h1-21,23H,22H2,(H,33,38)(H,34,37)/b29-21+. The van der Waals surface area contributed by atoms with E-state index in [9.17, 15) is 9.59 Å². The molecule has 2 N–H and O–H groups in total. The SMILES string of the molecule is O=C(NCc1ccccc1)/C(=C\c1cn(-c2ccccc2)nc1-c1ccccc1)NC(=O)c1ccccc1. The van der Waals surface area contributed by atoms with Crippen LogP contribution in [0.5, 0.6) is 0 Å². The lowest BCUT2D eigenvalue weighted by Crippen LogP contribution is -2.34. The van der Waals surface area contributed by atoms with Crippen molar-refractivity contribution >= 4 is 17.9 Å². The number of carbonyl (C=O) groups is 2. The molecule has 0 bridgehead atoms. The molecule has 0 saturated carbocycles. The summed E-state index contributed by atoms with van der Waals surface area (Å²) in [5.74, 6) is -0.770. The van der Waals surface area contributed by atoms with Crippen molar-refractivity contribution in [1.29, 1.82) is 0 Å². The van der Waals surface area contributed by atoms with Gasteiger partial charge < -0.3 is 10.6 Å². The summed E-state index contributed by atoms with van der Waals surface area (Å²) >= 11 is 0. The molecular formula is C32H26N4O2. The quantitative estimate of drug-likeness (QED) is 0.273. The first-order valence-electron chi connectivity index (χ1n) is 12.3. The molecule has 4 aromatic carbocycles. The summed E-state index contributed by atoms with van der Waals surface area (Å²) in [6.07, 6.45) is 3.53. The molecule has 186 valence electrons. The molecule has 0 fully saturated rings. The first-order chi connectivity index (χ1) is 18.7. The molecule has 6 nitrogen and oxygen atoms in total. The monoisotopic (exact) mass is 498 g/mol. The number of nitrogens with zero attached hydrogens (tertiary/aromatic N) is 2. The normalized spacial score (nSPS) is 11.1. The van der Waals surface area contributed by atoms with Crippen LogP contribution in [-0.4, -0.2) is 21.6 Å². The highest BCUT2D eigenvalue weighted by Gasteiger charge is 2.18. The third-order valence-corrected chi connectivity index (χ3v) is 5.94. The highest BCUT2D eigenvalue weighted by Crippen LogP contribution is 2.25. The summed E-state index contributed by atoms with van der Waals surface area (Å²) in [4.78, 5) is 26.4. The Morgan fingerprint density at radius 2 is 1.32 bits per heavy atom. The number of hydrogen-bond donors (Lipinski definition) is 2. The van der Waals surface area contributed by atoms with Crippen LogP contribution in [0.3, 0.4) is 0 Å². The molecule has 38 heavy (non-hydrogen) atoms. The van der Waals surface area contributed by atoms with Crippen LogP contribution in [0.25, 0.3) is 23.0 Å². The van der Waals surface area contributed by atoms with Crippen molar-refractivity contribution < 1.29 is 9.59 Å². The Bertz CT molecular complexity index is 1540. The number of nitrogens with one attached hydrogen (secondary N) is 2. The predicted molar refractivity (Wildman–Crippen MR) is 149 cm³/mol. The minimum Gasteiger partial charge on any atom is -0.347 e. The first-order valence-corrected chi connectivity index (χ1v) is 12.3. The molecule has 1 heterocycles. The van der Waals surface area contributed by atoms with E-state index in [-0.39, 0.29) is 11.6 Å². The van der Waals surface area contributed by atoms with Crippen molar-refractivity contribution in [3.8, 4) is 16.9 Å². The van der Waals surface area contributed by atoms with Gasteiger partial charge in [0.2, 0.25) is 0 Å². The lowest BCUT2D eigenvalue weighted by atomic mass is 10.1. The van der Waals surface area contributed by atoms with Crippen molar-refractivity contribution in [2.45, 2.75) is 6.54 Å². The Morgan fingerprint density at radius 3 is 1.97 bits per heavy atom. The summed E-state index contributed by atoms with van der Waals surface area (Å²) in [7, 11) is 0. The number of benzene rings is 4. The Hall–Kier alpha value is -5.23. The molecular weight excluding hydrogens is 472 g/mol. The van der Waals surface area contributed by atoms with Crippen molar-refractivity contribution in [3.63, 3.8) is 0 Å². The molecule has 0 aliphatic heterocycles. The molecule has 5 aromatic rings. The number of para-hydroxylation sites is 1. The second kappa shape index (κ2) is 11.7. The number of carbonyl (C=O) groups excluding carboxylic acids is 2. The minimum absolute atomic E-state index is 0.125. The molecule has 0 atom stereocenters. The summed E-state index contributed by atoms with van der Waals surface area (Å²) < 4.78 is 1.77. The lowest BCUT2D eigenvalue weighted by Gasteiger charge is -2.11. The molecule has 1 aromatic heterocycles. The van der Waals surface area contributed by atoms with Crippen LogP contribution in [0.4, 0.5) is 0 Å². The average Bonchev–Trinajstić information content (AvgIpc) is 3.41. The van der Waals surface area contributed by atoms with Gasteiger partial charge in [0.05, 0.1) is 5.69 Å². The van der Waals surface area contributed by atoms with Gasteiger partial charge in [-0.05, 0) is 35.9 Å². The van der Waals surface area contributed by atoms with Crippen LogP contribution in [-0.2, 0) is 11.3 Å². The van der Waals surface area contributed by atoms with Crippen LogP contribution < -0.4 is 10.6 Å². The average molecular weight is 499 g/mol. The third kappa shape index (κ3) is 5.94. The third-order valence-electron chi connectivity index (χ3n) is 5.94. The van der Waals surface area contributed by atoms with E-state index in [1.807, 2.05) is 103 Å². The van der Waals surface area contributed by atoms with Crippen molar-refractivity contribution in [2.24, 2.45) is 0 Å². The van der Waals surface area contributed by atoms with E-state index in [0.717, 1.165) is 16.8 Å². The van der Waals surface area contributed by atoms with Gasteiger partial charge in [0.15, 0.2) is 0 Å². The molecule has 0 radical (unpaired) electrons. The van der Waals surface area contributed by atoms with Crippen LogP contribution in [0.2, 0.25) is 0 Å². The van der Waals surface area contributed by atoms with Crippen LogP contribution in [0.1, 0.15) is 21.5 Å². The molecule has 0 aliphatic carbocycles. The van der Waals surface area contributed by atoms with Gasteiger partial charge in [0.1, 0.15) is 11.4 Å². The largest absolute Gasteiger partial charge is 0.347 e. The van der Waals surface area contributed by atoms with Crippen LogP contribution >= 0.6 is 0 Å². The van der Waals surface area contributed by atoms with Gasteiger partial charge >= 0.3 is 0 Å². The number of rotatable bonds is 8. The molecule has 0 unspecified atom stereocenters. The summed E-state index contributed by atoms with van der Waals surface area (Å²) in [5.41, 5.74) is 4.70. The van der Waals surface area contributed by atoms with Gasteiger partial charge in [-0.2, -0.15) is 5.10 Å². The lowest BCUT2D eigenvalue weighted by molar-refractivity contribution is -0.117. The fourth-order valence-electron chi connectivity index (χ4n) is 4.00. The Labute approximate surface area is 221 Å². The van der Waals surface area contributed by atoms with Crippen LogP contribution in [0.15, 0.2) is 133 Å². The molecule has 6 heteroatoms. The van der Waals surface area contributed by atoms with Gasteiger partial charge in [-0.1, -0.05) is 97.1 Å². The van der Waals surface area contributed by atoms with E-state index in [1.165, 1.54) is 0 Å².